The first-order valence-corrected chi connectivity index (χ1v) is 7.91. The third-order valence-electron chi connectivity index (χ3n) is 4.62. The number of carboxylic acid groups (broad SMARTS) is 1. The summed E-state index contributed by atoms with van der Waals surface area (Å²) in [4.78, 5) is 18.3. The fraction of sp³-hybridized carbons (Fsp3) is 0.800. The monoisotopic (exact) mass is 293 g/mol. The summed E-state index contributed by atoms with van der Waals surface area (Å²) < 4.78 is 5.31. The molecule has 1 saturated carbocycles. The molecule has 2 heterocycles. The zero-order valence-electron chi connectivity index (χ0n) is 12.5. The molecule has 0 aromatic carbocycles. The highest BCUT2D eigenvalue weighted by Crippen LogP contribution is 2.38. The largest absolute Gasteiger partial charge is 0.481 e. The van der Waals surface area contributed by atoms with Crippen LogP contribution in [-0.2, 0) is 11.3 Å². The summed E-state index contributed by atoms with van der Waals surface area (Å²) in [6, 6.07) is 0. The van der Waals surface area contributed by atoms with E-state index in [9.17, 15) is 9.90 Å². The van der Waals surface area contributed by atoms with Crippen LogP contribution in [0.4, 0.5) is 0 Å². The van der Waals surface area contributed by atoms with Crippen molar-refractivity contribution in [3.05, 3.63) is 11.7 Å². The molecule has 1 saturated heterocycles. The summed E-state index contributed by atoms with van der Waals surface area (Å²) in [7, 11) is 0. The molecule has 6 nitrogen and oxygen atoms in total. The molecule has 1 N–H and O–H groups in total. The quantitative estimate of drug-likeness (QED) is 0.867. The number of hydrogen-bond donors (Lipinski definition) is 1. The van der Waals surface area contributed by atoms with Gasteiger partial charge < -0.3 is 9.63 Å². The minimum absolute atomic E-state index is 0.488. The fourth-order valence-corrected chi connectivity index (χ4v) is 3.36. The number of piperidine rings is 1. The highest BCUT2D eigenvalue weighted by molar-refractivity contribution is 5.75. The molecule has 0 radical (unpaired) electrons. The van der Waals surface area contributed by atoms with E-state index < -0.39 is 11.4 Å². The van der Waals surface area contributed by atoms with Crippen molar-refractivity contribution in [1.29, 1.82) is 0 Å². The summed E-state index contributed by atoms with van der Waals surface area (Å²) >= 11 is 0. The van der Waals surface area contributed by atoms with E-state index in [1.807, 2.05) is 6.92 Å². The first kappa shape index (κ1) is 14.5. The standard InChI is InChI=1S/C15H23N3O3/c1-2-6-15(14(19)20)7-3-8-18(10-15)9-12-16-13(17-21-12)11-4-5-11/h11H,2-10H2,1H3,(H,19,20). The number of likely N-dealkylation sites (tertiary alicyclic amines) is 1. The molecule has 2 aliphatic rings. The molecule has 1 aliphatic heterocycles. The zero-order valence-corrected chi connectivity index (χ0v) is 12.5. The average molecular weight is 293 g/mol. The maximum Gasteiger partial charge on any atom is 0.310 e. The fourth-order valence-electron chi connectivity index (χ4n) is 3.36. The van der Waals surface area contributed by atoms with Crippen molar-refractivity contribution in [3.8, 4) is 0 Å². The lowest BCUT2D eigenvalue weighted by Crippen LogP contribution is -2.47. The zero-order chi connectivity index (χ0) is 14.9. The molecular formula is C15H23N3O3. The van der Waals surface area contributed by atoms with E-state index in [4.69, 9.17) is 4.52 Å². The van der Waals surface area contributed by atoms with Crippen LogP contribution in [0.25, 0.3) is 0 Å². The molecular weight excluding hydrogens is 270 g/mol. The van der Waals surface area contributed by atoms with Gasteiger partial charge in [-0.15, -0.1) is 0 Å². The lowest BCUT2D eigenvalue weighted by Gasteiger charge is -2.39. The SMILES string of the molecule is CCCC1(C(=O)O)CCCN(Cc2nc(C3CC3)no2)C1. The van der Waals surface area contributed by atoms with Crippen molar-refractivity contribution in [2.75, 3.05) is 13.1 Å². The maximum atomic E-state index is 11.7. The Bertz CT molecular complexity index is 508. The first-order valence-electron chi connectivity index (χ1n) is 7.91. The van der Waals surface area contributed by atoms with Gasteiger partial charge in [-0.25, -0.2) is 0 Å². The van der Waals surface area contributed by atoms with Crippen LogP contribution >= 0.6 is 0 Å². The Labute approximate surface area is 124 Å². The van der Waals surface area contributed by atoms with Crippen LogP contribution in [0.5, 0.6) is 0 Å². The van der Waals surface area contributed by atoms with Crippen molar-refractivity contribution in [3.63, 3.8) is 0 Å². The number of aromatic nitrogens is 2. The molecule has 1 atom stereocenters. The number of hydrogen-bond acceptors (Lipinski definition) is 5. The van der Waals surface area contributed by atoms with E-state index in [-0.39, 0.29) is 0 Å². The minimum atomic E-state index is -0.668. The Morgan fingerprint density at radius 2 is 2.33 bits per heavy atom. The second-order valence-corrected chi connectivity index (χ2v) is 6.47. The number of aliphatic carboxylic acids is 1. The Hall–Kier alpha value is -1.43. The molecule has 1 aromatic rings. The summed E-state index contributed by atoms with van der Waals surface area (Å²) in [5.74, 6) is 1.26. The van der Waals surface area contributed by atoms with Gasteiger partial charge in [-0.2, -0.15) is 4.98 Å². The van der Waals surface area contributed by atoms with Crippen molar-refractivity contribution < 1.29 is 14.4 Å². The second kappa shape index (κ2) is 5.75. The van der Waals surface area contributed by atoms with Crippen LogP contribution in [-0.4, -0.2) is 39.2 Å². The van der Waals surface area contributed by atoms with Gasteiger partial charge in [0.05, 0.1) is 12.0 Å². The molecule has 0 spiro atoms. The highest BCUT2D eigenvalue weighted by atomic mass is 16.5. The average Bonchev–Trinajstić information content (AvgIpc) is 3.20. The predicted octanol–water partition coefficient (Wildman–Crippen LogP) is 2.41. The molecule has 116 valence electrons. The number of carbonyl (C=O) groups is 1. The smallest absolute Gasteiger partial charge is 0.310 e. The first-order chi connectivity index (χ1) is 10.1. The molecule has 1 aromatic heterocycles. The number of carboxylic acids is 1. The van der Waals surface area contributed by atoms with E-state index in [1.54, 1.807) is 0 Å². The Kier molecular flexibility index (Phi) is 3.97. The van der Waals surface area contributed by atoms with Crippen molar-refractivity contribution in [2.45, 2.75) is 57.9 Å². The molecule has 21 heavy (non-hydrogen) atoms. The summed E-state index contributed by atoms with van der Waals surface area (Å²) in [5.41, 5.74) is -0.605. The minimum Gasteiger partial charge on any atom is -0.481 e. The predicted molar refractivity (Wildman–Crippen MR) is 75.8 cm³/mol. The van der Waals surface area contributed by atoms with Gasteiger partial charge in [0.2, 0.25) is 5.89 Å². The van der Waals surface area contributed by atoms with E-state index in [0.717, 1.165) is 50.9 Å². The number of nitrogens with zero attached hydrogens (tertiary/aromatic N) is 3. The van der Waals surface area contributed by atoms with E-state index in [2.05, 4.69) is 15.0 Å². The van der Waals surface area contributed by atoms with Crippen LogP contribution in [0.15, 0.2) is 4.52 Å². The maximum absolute atomic E-state index is 11.7. The van der Waals surface area contributed by atoms with Crippen LogP contribution in [0.3, 0.4) is 0 Å². The Morgan fingerprint density at radius 1 is 1.52 bits per heavy atom. The molecule has 2 fully saturated rings. The van der Waals surface area contributed by atoms with Gasteiger partial charge in [-0.05, 0) is 38.6 Å². The van der Waals surface area contributed by atoms with Gasteiger partial charge in [0.15, 0.2) is 5.82 Å². The molecule has 1 aliphatic carbocycles. The second-order valence-electron chi connectivity index (χ2n) is 6.47. The van der Waals surface area contributed by atoms with Crippen molar-refractivity contribution >= 4 is 5.97 Å². The number of rotatable bonds is 6. The molecule has 3 rings (SSSR count). The van der Waals surface area contributed by atoms with Gasteiger partial charge in [0.25, 0.3) is 0 Å². The van der Waals surface area contributed by atoms with Gasteiger partial charge in [0, 0.05) is 12.5 Å². The van der Waals surface area contributed by atoms with Crippen molar-refractivity contribution in [1.82, 2.24) is 15.0 Å². The Balaban J connectivity index is 1.65. The molecule has 0 amide bonds. The summed E-state index contributed by atoms with van der Waals surface area (Å²) in [6.07, 6.45) is 5.62. The third-order valence-corrected chi connectivity index (χ3v) is 4.62. The summed E-state index contributed by atoms with van der Waals surface area (Å²) in [6.45, 7) is 4.10. The summed E-state index contributed by atoms with van der Waals surface area (Å²) in [5, 5.41) is 13.6. The van der Waals surface area contributed by atoms with Crippen LogP contribution < -0.4 is 0 Å². The van der Waals surface area contributed by atoms with Crippen molar-refractivity contribution in [2.24, 2.45) is 5.41 Å². The van der Waals surface area contributed by atoms with Crippen LogP contribution in [0.1, 0.15) is 63.1 Å². The van der Waals surface area contributed by atoms with Gasteiger partial charge in [-0.1, -0.05) is 18.5 Å². The molecule has 1 unspecified atom stereocenters. The highest BCUT2D eigenvalue weighted by Gasteiger charge is 2.41. The van der Waals surface area contributed by atoms with E-state index in [1.165, 1.54) is 0 Å². The van der Waals surface area contributed by atoms with E-state index in [0.29, 0.717) is 24.9 Å². The van der Waals surface area contributed by atoms with Gasteiger partial charge >= 0.3 is 5.97 Å². The van der Waals surface area contributed by atoms with E-state index >= 15 is 0 Å². The normalized spacial score (nSPS) is 26.9. The molecule has 0 bridgehead atoms. The molecule has 6 heteroatoms. The Morgan fingerprint density at radius 3 is 3.00 bits per heavy atom. The van der Waals surface area contributed by atoms with Gasteiger partial charge in [0.1, 0.15) is 0 Å². The lowest BCUT2D eigenvalue weighted by molar-refractivity contribution is -0.153. The van der Waals surface area contributed by atoms with Crippen LogP contribution in [0.2, 0.25) is 0 Å². The topological polar surface area (TPSA) is 79.5 Å². The lowest BCUT2D eigenvalue weighted by atomic mass is 9.76. The van der Waals surface area contributed by atoms with Crippen LogP contribution in [0, 0.1) is 5.41 Å². The third kappa shape index (κ3) is 3.10. The van der Waals surface area contributed by atoms with Gasteiger partial charge in [-0.3, -0.25) is 9.69 Å².